The summed E-state index contributed by atoms with van der Waals surface area (Å²) < 4.78 is 0. The molecular weight excluding hydrogens is 244 g/mol. The van der Waals surface area contributed by atoms with Crippen LogP contribution in [0.4, 0.5) is 5.95 Å². The molecule has 0 bridgehead atoms. The lowest BCUT2D eigenvalue weighted by Gasteiger charge is -2.04. The van der Waals surface area contributed by atoms with Gasteiger partial charge in [-0.2, -0.15) is 5.10 Å². The third kappa shape index (κ3) is 3.34. The fourth-order valence-corrected chi connectivity index (χ4v) is 1.40. The van der Waals surface area contributed by atoms with Gasteiger partial charge in [0.05, 0.1) is 18.0 Å². The number of benzene rings is 1. The van der Waals surface area contributed by atoms with Crippen molar-refractivity contribution in [2.24, 2.45) is 0 Å². The Kier molecular flexibility index (Phi) is 4.16. The Hall–Kier alpha value is -2.78. The van der Waals surface area contributed by atoms with Gasteiger partial charge in [0.2, 0.25) is 5.95 Å². The summed E-state index contributed by atoms with van der Waals surface area (Å²) in [6, 6.07) is 6.82. The highest BCUT2D eigenvalue weighted by Gasteiger charge is 2.10. The number of carbonyl (C=O) groups excluding carboxylic acids is 1. The van der Waals surface area contributed by atoms with E-state index in [-0.39, 0.29) is 18.5 Å². The van der Waals surface area contributed by atoms with Gasteiger partial charge in [0, 0.05) is 5.56 Å². The van der Waals surface area contributed by atoms with Crippen LogP contribution in [0.3, 0.4) is 0 Å². The molecule has 94 valence electrons. The second kappa shape index (κ2) is 6.23. The summed E-state index contributed by atoms with van der Waals surface area (Å²) >= 11 is 0. The highest BCUT2D eigenvalue weighted by atomic mass is 16.2. The van der Waals surface area contributed by atoms with Crippen LogP contribution in [0, 0.1) is 11.8 Å². The van der Waals surface area contributed by atoms with Crippen molar-refractivity contribution in [2.45, 2.75) is 0 Å². The van der Waals surface area contributed by atoms with Crippen molar-refractivity contribution in [2.75, 3.05) is 11.9 Å². The smallest absolute Gasteiger partial charge is 0.259 e. The minimum absolute atomic E-state index is 0.123. The average Bonchev–Trinajstić information content (AvgIpc) is 2.46. The lowest BCUT2D eigenvalue weighted by atomic mass is 10.1. The summed E-state index contributed by atoms with van der Waals surface area (Å²) in [5.74, 6) is 4.96. The van der Waals surface area contributed by atoms with Crippen LogP contribution in [0.15, 0.2) is 36.7 Å². The molecule has 1 aromatic heterocycles. The summed E-state index contributed by atoms with van der Waals surface area (Å²) in [4.78, 5) is 15.9. The standard InChI is InChI=1S/C13H10N4O2/c18-9-3-5-10-4-1-2-6-11(10)12(19)16-13-14-7-8-15-17-13/h1-2,4,6-8,18H,9H2,(H,14,16,17,19). The van der Waals surface area contributed by atoms with Gasteiger partial charge in [-0.15, -0.1) is 5.10 Å². The van der Waals surface area contributed by atoms with Crippen LogP contribution in [0.1, 0.15) is 15.9 Å². The van der Waals surface area contributed by atoms with Gasteiger partial charge >= 0.3 is 0 Å². The van der Waals surface area contributed by atoms with Gasteiger partial charge in [-0.25, -0.2) is 4.98 Å². The zero-order chi connectivity index (χ0) is 13.5. The van der Waals surface area contributed by atoms with Crippen LogP contribution in [0.5, 0.6) is 0 Å². The van der Waals surface area contributed by atoms with E-state index in [4.69, 9.17) is 5.11 Å². The van der Waals surface area contributed by atoms with E-state index >= 15 is 0 Å². The lowest BCUT2D eigenvalue weighted by molar-refractivity contribution is 0.102. The van der Waals surface area contributed by atoms with Crippen molar-refractivity contribution in [3.05, 3.63) is 47.8 Å². The molecule has 6 heteroatoms. The van der Waals surface area contributed by atoms with Gasteiger partial charge in [-0.1, -0.05) is 24.0 Å². The maximum Gasteiger partial charge on any atom is 0.259 e. The Morgan fingerprint density at radius 1 is 1.32 bits per heavy atom. The molecule has 6 nitrogen and oxygen atoms in total. The number of rotatable bonds is 2. The summed E-state index contributed by atoms with van der Waals surface area (Å²) in [6.07, 6.45) is 2.84. The largest absolute Gasteiger partial charge is 0.384 e. The van der Waals surface area contributed by atoms with E-state index in [9.17, 15) is 4.79 Å². The number of anilines is 1. The number of hydrogen-bond donors (Lipinski definition) is 2. The fourth-order valence-electron chi connectivity index (χ4n) is 1.40. The van der Waals surface area contributed by atoms with Crippen LogP contribution < -0.4 is 5.32 Å². The Morgan fingerprint density at radius 3 is 2.89 bits per heavy atom. The highest BCUT2D eigenvalue weighted by molar-refractivity contribution is 6.05. The SMILES string of the molecule is O=C(Nc1nccnn1)c1ccccc1C#CCO. The van der Waals surface area contributed by atoms with Gasteiger partial charge in [0.15, 0.2) is 0 Å². The first-order valence-corrected chi connectivity index (χ1v) is 5.45. The molecule has 2 rings (SSSR count). The predicted octanol–water partition coefficient (Wildman–Crippen LogP) is 0.468. The maximum absolute atomic E-state index is 12.0. The molecule has 0 fully saturated rings. The molecule has 1 amide bonds. The van der Waals surface area contributed by atoms with Crippen molar-refractivity contribution < 1.29 is 9.90 Å². The number of nitrogens with zero attached hydrogens (tertiary/aromatic N) is 3. The van der Waals surface area contributed by atoms with Crippen LogP contribution >= 0.6 is 0 Å². The fraction of sp³-hybridized carbons (Fsp3) is 0.0769. The monoisotopic (exact) mass is 254 g/mol. The van der Waals surface area contributed by atoms with Crippen LogP contribution in [0.2, 0.25) is 0 Å². The molecule has 0 radical (unpaired) electrons. The van der Waals surface area contributed by atoms with Crippen molar-refractivity contribution in [3.63, 3.8) is 0 Å². The zero-order valence-electron chi connectivity index (χ0n) is 9.87. The Labute approximate surface area is 109 Å². The minimum atomic E-state index is -0.379. The first-order chi connectivity index (χ1) is 9.31. The van der Waals surface area contributed by atoms with Crippen molar-refractivity contribution in [1.82, 2.24) is 15.2 Å². The molecular formula is C13H10N4O2. The Balaban J connectivity index is 2.24. The molecule has 0 unspecified atom stereocenters. The number of aliphatic hydroxyl groups excluding tert-OH is 1. The van der Waals surface area contributed by atoms with E-state index in [0.29, 0.717) is 11.1 Å². The van der Waals surface area contributed by atoms with E-state index < -0.39 is 0 Å². The van der Waals surface area contributed by atoms with Crippen LogP contribution in [-0.4, -0.2) is 32.8 Å². The molecule has 2 aromatic rings. The van der Waals surface area contributed by atoms with E-state index in [2.05, 4.69) is 32.3 Å². The quantitative estimate of drug-likeness (QED) is 0.760. The Morgan fingerprint density at radius 2 is 2.16 bits per heavy atom. The van der Waals surface area contributed by atoms with Gasteiger partial charge in [-0.3, -0.25) is 10.1 Å². The third-order valence-corrected chi connectivity index (χ3v) is 2.18. The number of amides is 1. The van der Waals surface area contributed by atoms with Crippen LogP contribution in [0.25, 0.3) is 0 Å². The number of carbonyl (C=O) groups is 1. The maximum atomic E-state index is 12.0. The molecule has 0 aliphatic carbocycles. The van der Waals surface area contributed by atoms with Gasteiger partial charge in [0.25, 0.3) is 5.91 Å². The molecule has 0 atom stereocenters. The number of aromatic nitrogens is 3. The molecule has 0 saturated carbocycles. The number of hydrogen-bond acceptors (Lipinski definition) is 5. The average molecular weight is 254 g/mol. The van der Waals surface area contributed by atoms with E-state index in [1.165, 1.54) is 12.4 Å². The summed E-state index contributed by atoms with van der Waals surface area (Å²) in [6.45, 7) is -0.262. The molecule has 0 saturated heterocycles. The minimum Gasteiger partial charge on any atom is -0.384 e. The van der Waals surface area contributed by atoms with Gasteiger partial charge in [-0.05, 0) is 12.1 Å². The van der Waals surface area contributed by atoms with E-state index in [1.54, 1.807) is 24.3 Å². The topological polar surface area (TPSA) is 88.0 Å². The van der Waals surface area contributed by atoms with Crippen molar-refractivity contribution in [3.8, 4) is 11.8 Å². The van der Waals surface area contributed by atoms with E-state index in [1.807, 2.05) is 0 Å². The lowest BCUT2D eigenvalue weighted by Crippen LogP contribution is -2.15. The molecule has 0 aliphatic rings. The summed E-state index contributed by atoms with van der Waals surface area (Å²) in [5, 5.41) is 18.5. The van der Waals surface area contributed by atoms with Gasteiger partial charge < -0.3 is 5.11 Å². The summed E-state index contributed by atoms with van der Waals surface area (Å²) in [5.41, 5.74) is 0.911. The van der Waals surface area contributed by atoms with E-state index in [0.717, 1.165) is 0 Å². The molecule has 2 N–H and O–H groups in total. The molecule has 0 aliphatic heterocycles. The zero-order valence-corrected chi connectivity index (χ0v) is 9.87. The first-order valence-electron chi connectivity index (χ1n) is 5.45. The van der Waals surface area contributed by atoms with Crippen molar-refractivity contribution in [1.29, 1.82) is 0 Å². The molecule has 1 heterocycles. The molecule has 1 aromatic carbocycles. The number of aliphatic hydroxyl groups is 1. The number of nitrogens with one attached hydrogen (secondary N) is 1. The molecule has 0 spiro atoms. The third-order valence-electron chi connectivity index (χ3n) is 2.18. The normalized spacial score (nSPS) is 9.32. The Bertz CT molecular complexity index is 632. The highest BCUT2D eigenvalue weighted by Crippen LogP contribution is 2.09. The second-order valence-electron chi connectivity index (χ2n) is 3.43. The molecule has 19 heavy (non-hydrogen) atoms. The van der Waals surface area contributed by atoms with Crippen LogP contribution in [-0.2, 0) is 0 Å². The first kappa shape index (κ1) is 12.7. The summed E-state index contributed by atoms with van der Waals surface area (Å²) in [7, 11) is 0. The van der Waals surface area contributed by atoms with Crippen molar-refractivity contribution >= 4 is 11.9 Å². The van der Waals surface area contributed by atoms with Gasteiger partial charge in [0.1, 0.15) is 6.61 Å². The predicted molar refractivity (Wildman–Crippen MR) is 68.2 cm³/mol. The second-order valence-corrected chi connectivity index (χ2v) is 3.43.